The van der Waals surface area contributed by atoms with Crippen molar-refractivity contribution >= 4 is 15.9 Å². The second kappa shape index (κ2) is 7.41. The summed E-state index contributed by atoms with van der Waals surface area (Å²) in [7, 11) is 2.24. The molecule has 0 aliphatic heterocycles. The first-order chi connectivity index (χ1) is 9.20. The topological polar surface area (TPSA) is 15.3 Å². The van der Waals surface area contributed by atoms with E-state index in [1.807, 2.05) is 0 Å². The highest BCUT2D eigenvalue weighted by Crippen LogP contribution is 2.27. The lowest BCUT2D eigenvalue weighted by Crippen LogP contribution is -2.36. The summed E-state index contributed by atoms with van der Waals surface area (Å²) in [5.41, 5.74) is 2.75. The van der Waals surface area contributed by atoms with Crippen molar-refractivity contribution in [3.8, 4) is 0 Å². The first-order valence-corrected chi connectivity index (χ1v) is 8.18. The minimum absolute atomic E-state index is 0.804. The van der Waals surface area contributed by atoms with Gasteiger partial charge in [-0.1, -0.05) is 41.4 Å². The summed E-state index contributed by atoms with van der Waals surface area (Å²) in [5, 5.41) is 3.44. The summed E-state index contributed by atoms with van der Waals surface area (Å²) in [6.45, 7) is 5.30. The van der Waals surface area contributed by atoms with E-state index in [4.69, 9.17) is 0 Å². The molecule has 2 rings (SSSR count). The van der Waals surface area contributed by atoms with Crippen LogP contribution in [-0.4, -0.2) is 24.5 Å². The van der Waals surface area contributed by atoms with E-state index in [0.29, 0.717) is 0 Å². The van der Waals surface area contributed by atoms with Gasteiger partial charge in [-0.3, -0.25) is 4.90 Å². The van der Waals surface area contributed by atoms with Crippen molar-refractivity contribution in [2.75, 3.05) is 13.6 Å². The van der Waals surface area contributed by atoms with Crippen LogP contribution in [0.2, 0.25) is 0 Å². The smallest absolute Gasteiger partial charge is 0.0244 e. The Morgan fingerprint density at radius 1 is 1.37 bits per heavy atom. The fraction of sp³-hybridized carbons (Fsp3) is 0.625. The van der Waals surface area contributed by atoms with Crippen LogP contribution in [0.15, 0.2) is 22.7 Å². The van der Waals surface area contributed by atoms with Crippen molar-refractivity contribution in [1.82, 2.24) is 10.2 Å². The maximum absolute atomic E-state index is 3.72. The van der Waals surface area contributed by atoms with Crippen molar-refractivity contribution in [1.29, 1.82) is 0 Å². The van der Waals surface area contributed by atoms with E-state index in [1.165, 1.54) is 41.3 Å². The highest BCUT2D eigenvalue weighted by atomic mass is 79.9. The number of nitrogens with one attached hydrogen (secondary N) is 1. The van der Waals surface area contributed by atoms with Crippen LogP contribution in [0.25, 0.3) is 0 Å². The normalized spacial score (nSPS) is 15.8. The van der Waals surface area contributed by atoms with Crippen molar-refractivity contribution in [2.24, 2.45) is 0 Å². The molecule has 2 nitrogen and oxygen atoms in total. The highest BCUT2D eigenvalue weighted by Gasteiger charge is 2.22. The maximum Gasteiger partial charge on any atom is 0.0244 e. The standard InChI is InChI=1S/C16H25BrN2/c1-3-9-18-11-13-7-8-14(16(17)10-13)12-19(2)15-5-4-6-15/h7-8,10,15,18H,3-6,9,11-12H2,1-2H3. The van der Waals surface area contributed by atoms with Gasteiger partial charge in [0.2, 0.25) is 0 Å². The second-order valence-corrected chi connectivity index (χ2v) is 6.46. The first-order valence-electron chi connectivity index (χ1n) is 7.39. The van der Waals surface area contributed by atoms with Crippen LogP contribution in [0.4, 0.5) is 0 Å². The Bertz CT molecular complexity index is 402. The molecule has 106 valence electrons. The van der Waals surface area contributed by atoms with Gasteiger partial charge in [0.1, 0.15) is 0 Å². The van der Waals surface area contributed by atoms with Gasteiger partial charge < -0.3 is 5.32 Å². The molecule has 0 unspecified atom stereocenters. The Morgan fingerprint density at radius 3 is 2.74 bits per heavy atom. The zero-order chi connectivity index (χ0) is 13.7. The van der Waals surface area contributed by atoms with E-state index in [9.17, 15) is 0 Å². The number of hydrogen-bond donors (Lipinski definition) is 1. The first kappa shape index (κ1) is 15.0. The van der Waals surface area contributed by atoms with Crippen LogP contribution in [0, 0.1) is 0 Å². The molecule has 1 aliphatic rings. The fourth-order valence-electron chi connectivity index (χ4n) is 2.46. The van der Waals surface area contributed by atoms with E-state index in [1.54, 1.807) is 0 Å². The van der Waals surface area contributed by atoms with Crippen LogP contribution in [-0.2, 0) is 13.1 Å². The van der Waals surface area contributed by atoms with Crippen LogP contribution in [0.3, 0.4) is 0 Å². The Balaban J connectivity index is 1.90. The van der Waals surface area contributed by atoms with Crippen LogP contribution < -0.4 is 5.32 Å². The Morgan fingerprint density at radius 2 is 2.16 bits per heavy atom. The van der Waals surface area contributed by atoms with Crippen molar-refractivity contribution in [3.05, 3.63) is 33.8 Å². The number of benzene rings is 1. The molecule has 1 aliphatic carbocycles. The fourth-order valence-corrected chi connectivity index (χ4v) is 3.02. The van der Waals surface area contributed by atoms with E-state index >= 15 is 0 Å². The Kier molecular flexibility index (Phi) is 5.86. The molecule has 0 heterocycles. The predicted octanol–water partition coefficient (Wildman–Crippen LogP) is 3.93. The molecule has 1 N–H and O–H groups in total. The SMILES string of the molecule is CCCNCc1ccc(CN(C)C2CCC2)c(Br)c1. The van der Waals surface area contributed by atoms with Gasteiger partial charge in [0.05, 0.1) is 0 Å². The molecule has 19 heavy (non-hydrogen) atoms. The monoisotopic (exact) mass is 324 g/mol. The molecule has 0 amide bonds. The van der Waals surface area contributed by atoms with E-state index in [-0.39, 0.29) is 0 Å². The summed E-state index contributed by atoms with van der Waals surface area (Å²) in [6.07, 6.45) is 5.32. The highest BCUT2D eigenvalue weighted by molar-refractivity contribution is 9.10. The molecule has 0 radical (unpaired) electrons. The predicted molar refractivity (Wildman–Crippen MR) is 85.2 cm³/mol. The molecule has 0 spiro atoms. The summed E-state index contributed by atoms with van der Waals surface area (Å²) in [5.74, 6) is 0. The number of halogens is 1. The molecule has 1 aromatic rings. The Hall–Kier alpha value is -0.380. The third kappa shape index (κ3) is 4.30. The zero-order valence-corrected chi connectivity index (χ0v) is 13.7. The summed E-state index contributed by atoms with van der Waals surface area (Å²) in [6, 6.07) is 7.57. The molecule has 0 bridgehead atoms. The zero-order valence-electron chi connectivity index (χ0n) is 12.1. The van der Waals surface area contributed by atoms with Crippen LogP contribution in [0.1, 0.15) is 43.7 Å². The van der Waals surface area contributed by atoms with E-state index in [0.717, 1.165) is 25.7 Å². The van der Waals surface area contributed by atoms with Crippen LogP contribution in [0.5, 0.6) is 0 Å². The van der Waals surface area contributed by atoms with Crippen molar-refractivity contribution in [2.45, 2.75) is 51.7 Å². The van der Waals surface area contributed by atoms with Gasteiger partial charge in [-0.15, -0.1) is 0 Å². The average Bonchev–Trinajstić information content (AvgIpc) is 2.30. The second-order valence-electron chi connectivity index (χ2n) is 5.60. The maximum atomic E-state index is 3.72. The summed E-state index contributed by atoms with van der Waals surface area (Å²) in [4.78, 5) is 2.48. The van der Waals surface area contributed by atoms with Crippen molar-refractivity contribution in [3.63, 3.8) is 0 Å². The van der Waals surface area contributed by atoms with Gasteiger partial charge in [-0.05, 0) is 50.0 Å². The minimum Gasteiger partial charge on any atom is -0.313 e. The van der Waals surface area contributed by atoms with Crippen molar-refractivity contribution < 1.29 is 0 Å². The molecule has 1 aromatic carbocycles. The molecule has 3 heteroatoms. The third-order valence-electron chi connectivity index (χ3n) is 3.99. The van der Waals surface area contributed by atoms with E-state index < -0.39 is 0 Å². The average molecular weight is 325 g/mol. The molecular formula is C16H25BrN2. The van der Waals surface area contributed by atoms with E-state index in [2.05, 4.69) is 58.3 Å². The molecule has 1 saturated carbocycles. The van der Waals surface area contributed by atoms with Crippen LogP contribution >= 0.6 is 15.9 Å². The lowest BCUT2D eigenvalue weighted by molar-refractivity contribution is 0.152. The molecule has 0 atom stereocenters. The minimum atomic E-state index is 0.804. The van der Waals surface area contributed by atoms with Gasteiger partial charge in [0.15, 0.2) is 0 Å². The molecule has 0 aromatic heterocycles. The largest absolute Gasteiger partial charge is 0.313 e. The van der Waals surface area contributed by atoms with Gasteiger partial charge in [0, 0.05) is 23.6 Å². The number of nitrogens with zero attached hydrogens (tertiary/aromatic N) is 1. The molecule has 1 fully saturated rings. The van der Waals surface area contributed by atoms with Gasteiger partial charge in [-0.2, -0.15) is 0 Å². The van der Waals surface area contributed by atoms with Gasteiger partial charge in [0.25, 0.3) is 0 Å². The third-order valence-corrected chi connectivity index (χ3v) is 4.73. The van der Waals surface area contributed by atoms with Gasteiger partial charge in [-0.25, -0.2) is 0 Å². The lowest BCUT2D eigenvalue weighted by Gasteiger charge is -2.35. The number of rotatable bonds is 7. The lowest BCUT2D eigenvalue weighted by atomic mass is 9.91. The Labute approximate surface area is 125 Å². The molecular weight excluding hydrogens is 300 g/mol. The quantitative estimate of drug-likeness (QED) is 0.764. The summed E-state index contributed by atoms with van der Waals surface area (Å²) >= 11 is 3.72. The van der Waals surface area contributed by atoms with Gasteiger partial charge >= 0.3 is 0 Å². The summed E-state index contributed by atoms with van der Waals surface area (Å²) < 4.78 is 1.24. The molecule has 0 saturated heterocycles. The number of hydrogen-bond acceptors (Lipinski definition) is 2.